The first-order valence-electron chi connectivity index (χ1n) is 10.8. The lowest BCUT2D eigenvalue weighted by atomic mass is 10.0. The van der Waals surface area contributed by atoms with Crippen LogP contribution in [0.15, 0.2) is 42.2 Å². The molecule has 16 heteroatoms. The highest BCUT2D eigenvalue weighted by Gasteiger charge is 2.37. The van der Waals surface area contributed by atoms with Crippen molar-refractivity contribution in [3.05, 3.63) is 69.8 Å². The van der Waals surface area contributed by atoms with Gasteiger partial charge in [-0.2, -0.15) is 23.2 Å². The molecular weight excluding hydrogens is 529 g/mol. The van der Waals surface area contributed by atoms with Gasteiger partial charge in [-0.15, -0.1) is 10.2 Å². The molecule has 0 fully saturated rings. The smallest absolute Gasteiger partial charge is 0.355 e. The van der Waals surface area contributed by atoms with Crippen LogP contribution in [0, 0.1) is 18.3 Å². The molecule has 3 aromatic rings. The van der Waals surface area contributed by atoms with Crippen molar-refractivity contribution in [3.63, 3.8) is 0 Å². The number of anilines is 2. The van der Waals surface area contributed by atoms with Gasteiger partial charge in [-0.25, -0.2) is 10.4 Å². The van der Waals surface area contributed by atoms with Crippen molar-refractivity contribution < 1.29 is 22.8 Å². The quantitative estimate of drug-likeness (QED) is 0.422. The predicted molar refractivity (Wildman–Crippen MR) is 127 cm³/mol. The Kier molecular flexibility index (Phi) is 7.28. The van der Waals surface area contributed by atoms with E-state index in [4.69, 9.17) is 11.6 Å². The first kappa shape index (κ1) is 26.5. The Labute approximate surface area is 218 Å². The minimum atomic E-state index is -4.77. The maximum absolute atomic E-state index is 13.5. The van der Waals surface area contributed by atoms with Crippen LogP contribution in [0.4, 0.5) is 24.7 Å². The molecule has 1 atom stereocenters. The molecular formula is C22H18ClF3N10O2. The van der Waals surface area contributed by atoms with E-state index in [9.17, 15) is 28.0 Å². The molecule has 2 aromatic heterocycles. The number of hydrogen-bond acceptors (Lipinski definition) is 9. The van der Waals surface area contributed by atoms with Crippen LogP contribution in [0.3, 0.4) is 0 Å². The summed E-state index contributed by atoms with van der Waals surface area (Å²) in [5.74, 6) is -2.48. The zero-order valence-electron chi connectivity index (χ0n) is 19.7. The van der Waals surface area contributed by atoms with E-state index in [1.165, 1.54) is 42.5 Å². The molecule has 38 heavy (non-hydrogen) atoms. The molecule has 1 aliphatic heterocycles. The van der Waals surface area contributed by atoms with Crippen LogP contribution in [0.5, 0.6) is 0 Å². The van der Waals surface area contributed by atoms with Crippen LogP contribution in [-0.4, -0.2) is 50.1 Å². The largest absolute Gasteiger partial charge is 0.455 e. The number of nitrogens with one attached hydrogen (secondary N) is 3. The zero-order valence-corrected chi connectivity index (χ0v) is 20.5. The topological polar surface area (TPSA) is 154 Å². The molecule has 3 N–H and O–H groups in total. The number of pyridine rings is 1. The fourth-order valence-electron chi connectivity index (χ4n) is 3.64. The van der Waals surface area contributed by atoms with Gasteiger partial charge >= 0.3 is 6.18 Å². The van der Waals surface area contributed by atoms with Crippen LogP contribution in [0.25, 0.3) is 0 Å². The number of halogens is 4. The number of benzene rings is 1. The number of nitriles is 1. The summed E-state index contributed by atoms with van der Waals surface area (Å²) in [6, 6.07) is 7.16. The van der Waals surface area contributed by atoms with Crippen LogP contribution in [0.1, 0.15) is 27.3 Å². The number of rotatable bonds is 6. The molecule has 1 aliphatic rings. The van der Waals surface area contributed by atoms with Crippen LogP contribution in [-0.2, 0) is 17.5 Å². The lowest BCUT2D eigenvalue weighted by Gasteiger charge is -2.23. The predicted octanol–water partition coefficient (Wildman–Crippen LogP) is 2.20. The molecule has 1 aromatic carbocycles. The Hall–Kier alpha value is -4.55. The van der Waals surface area contributed by atoms with E-state index in [1.807, 2.05) is 6.07 Å². The summed E-state index contributed by atoms with van der Waals surface area (Å²) in [6.45, 7) is 1.40. The monoisotopic (exact) mass is 546 g/mol. The normalized spacial score (nSPS) is 15.1. The third kappa shape index (κ3) is 5.41. The molecule has 0 saturated heterocycles. The summed E-state index contributed by atoms with van der Waals surface area (Å²) in [5.41, 5.74) is 3.83. The molecule has 0 saturated carbocycles. The molecule has 0 radical (unpaired) electrons. The van der Waals surface area contributed by atoms with E-state index in [2.05, 4.69) is 36.5 Å². The highest BCUT2D eigenvalue weighted by Crippen LogP contribution is 2.30. The minimum Gasteiger partial charge on any atom is -0.355 e. The van der Waals surface area contributed by atoms with Gasteiger partial charge in [0.1, 0.15) is 5.70 Å². The van der Waals surface area contributed by atoms with Crippen LogP contribution in [0.2, 0.25) is 5.02 Å². The number of aryl methyl sites for hydroxylation is 1. The highest BCUT2D eigenvalue weighted by atomic mass is 35.5. The van der Waals surface area contributed by atoms with Gasteiger partial charge < -0.3 is 10.6 Å². The highest BCUT2D eigenvalue weighted by molar-refractivity contribution is 6.33. The number of amides is 2. The molecule has 0 aliphatic carbocycles. The fraction of sp³-hybridized carbons (Fsp3) is 0.227. The summed E-state index contributed by atoms with van der Waals surface area (Å²) < 4.78 is 38.6. The number of hydrazine groups is 1. The molecule has 1 unspecified atom stereocenters. The SMILES string of the molecule is CNC(=O)c1cc(C#N)cc(C)c1NC(=O)C1=CC(Cn2nnc(C(F)(F)F)n2)NN1c1ncccc1Cl. The van der Waals surface area contributed by atoms with Crippen LogP contribution >= 0.6 is 11.6 Å². The molecule has 12 nitrogen and oxygen atoms in total. The Balaban J connectivity index is 1.68. The second-order valence-electron chi connectivity index (χ2n) is 7.96. The van der Waals surface area contributed by atoms with Gasteiger partial charge in [0.25, 0.3) is 17.6 Å². The summed E-state index contributed by atoms with van der Waals surface area (Å²) in [6.07, 6.45) is -1.90. The summed E-state index contributed by atoms with van der Waals surface area (Å²) in [5, 5.41) is 25.6. The van der Waals surface area contributed by atoms with Gasteiger partial charge in [0.2, 0.25) is 0 Å². The number of aromatic nitrogens is 5. The molecule has 196 valence electrons. The molecule has 2 amide bonds. The Morgan fingerprint density at radius 3 is 2.68 bits per heavy atom. The first-order chi connectivity index (χ1) is 18.0. The Bertz CT molecular complexity index is 1480. The number of tetrazole rings is 1. The number of alkyl halides is 3. The third-order valence-electron chi connectivity index (χ3n) is 5.32. The molecule has 0 spiro atoms. The third-order valence-corrected chi connectivity index (χ3v) is 5.61. The minimum absolute atomic E-state index is 0.0154. The van der Waals surface area contributed by atoms with Gasteiger partial charge in [-0.3, -0.25) is 14.6 Å². The average Bonchev–Trinajstić information content (AvgIpc) is 3.52. The number of hydrogen-bond donors (Lipinski definition) is 3. The lowest BCUT2D eigenvalue weighted by molar-refractivity contribution is -0.145. The van der Waals surface area contributed by atoms with Crippen molar-refractivity contribution in [1.29, 1.82) is 5.26 Å². The number of carbonyl (C=O) groups excluding carboxylic acids is 2. The summed E-state index contributed by atoms with van der Waals surface area (Å²) in [4.78, 5) is 30.9. The van der Waals surface area contributed by atoms with Crippen molar-refractivity contribution in [2.45, 2.75) is 25.7 Å². The molecule has 0 bridgehead atoms. The van der Waals surface area contributed by atoms with E-state index >= 15 is 0 Å². The van der Waals surface area contributed by atoms with Gasteiger partial charge in [0.15, 0.2) is 5.82 Å². The van der Waals surface area contributed by atoms with Gasteiger partial charge in [0, 0.05) is 13.2 Å². The first-order valence-corrected chi connectivity index (χ1v) is 11.2. The fourth-order valence-corrected chi connectivity index (χ4v) is 3.85. The van der Waals surface area contributed by atoms with E-state index in [-0.39, 0.29) is 39.9 Å². The molecule has 3 heterocycles. The van der Waals surface area contributed by atoms with Gasteiger partial charge in [-0.1, -0.05) is 11.6 Å². The van der Waals surface area contributed by atoms with Crippen molar-refractivity contribution in [3.8, 4) is 6.07 Å². The van der Waals surface area contributed by atoms with Crippen molar-refractivity contribution in [1.82, 2.24) is 35.9 Å². The van der Waals surface area contributed by atoms with Crippen molar-refractivity contribution in [2.24, 2.45) is 0 Å². The van der Waals surface area contributed by atoms with Gasteiger partial charge in [-0.05, 0) is 48.0 Å². The second-order valence-corrected chi connectivity index (χ2v) is 8.37. The van der Waals surface area contributed by atoms with Crippen molar-refractivity contribution >= 4 is 34.9 Å². The van der Waals surface area contributed by atoms with E-state index in [1.54, 1.807) is 13.0 Å². The number of nitrogens with zero attached hydrogens (tertiary/aromatic N) is 7. The Morgan fingerprint density at radius 1 is 1.29 bits per heavy atom. The Morgan fingerprint density at radius 2 is 2.05 bits per heavy atom. The van der Waals surface area contributed by atoms with E-state index in [0.29, 0.717) is 5.56 Å². The van der Waals surface area contributed by atoms with Crippen molar-refractivity contribution in [2.75, 3.05) is 17.4 Å². The second kappa shape index (κ2) is 10.4. The van der Waals surface area contributed by atoms with E-state index in [0.717, 1.165) is 4.80 Å². The number of carbonyl (C=O) groups is 2. The van der Waals surface area contributed by atoms with Crippen LogP contribution < -0.4 is 21.1 Å². The lowest BCUT2D eigenvalue weighted by Crippen LogP contribution is -2.42. The van der Waals surface area contributed by atoms with Gasteiger partial charge in [0.05, 0.1) is 40.5 Å². The standard InChI is InChI=1S/C22H18ClF3N10O2/c1-11-6-12(9-27)7-14(19(37)28-2)17(11)30-20(38)16-8-13(10-35-33-21(31-34-35)22(24,25)26)32-36(16)18-15(23)4-3-5-29-18/h3-8,13,32H,10H2,1-2H3,(H,28,37)(H,30,38). The summed E-state index contributed by atoms with van der Waals surface area (Å²) in [7, 11) is 1.41. The molecule has 4 rings (SSSR count). The zero-order chi connectivity index (χ0) is 27.6. The average molecular weight is 547 g/mol. The maximum atomic E-state index is 13.5. The maximum Gasteiger partial charge on any atom is 0.455 e. The van der Waals surface area contributed by atoms with E-state index < -0.39 is 29.9 Å². The summed E-state index contributed by atoms with van der Waals surface area (Å²) >= 11 is 6.29.